The molecule has 0 amide bonds. The lowest BCUT2D eigenvalue weighted by Gasteiger charge is -2.49. The van der Waals surface area contributed by atoms with Crippen molar-refractivity contribution in [3.8, 4) is 0 Å². The van der Waals surface area contributed by atoms with Crippen LogP contribution in [0.25, 0.3) is 0 Å². The number of ether oxygens (including phenoxy) is 2. The van der Waals surface area contributed by atoms with Gasteiger partial charge in [-0.25, -0.2) is 0 Å². The zero-order valence-electron chi connectivity index (χ0n) is 12.2. The van der Waals surface area contributed by atoms with E-state index in [9.17, 15) is 23.9 Å². The topological polar surface area (TPSA) is 92.7 Å². The first-order chi connectivity index (χ1) is 9.89. The summed E-state index contributed by atoms with van der Waals surface area (Å²) in [5, 5.41) is 12.6. The second-order valence-electron chi connectivity index (χ2n) is 5.00. The van der Waals surface area contributed by atoms with Gasteiger partial charge in [0.25, 0.3) is 0 Å². The highest BCUT2D eigenvalue weighted by Gasteiger charge is 2.45. The highest BCUT2D eigenvalue weighted by Crippen LogP contribution is 2.36. The van der Waals surface area contributed by atoms with E-state index in [1.165, 1.54) is 0 Å². The van der Waals surface area contributed by atoms with Crippen LogP contribution in [0.15, 0.2) is 0 Å². The van der Waals surface area contributed by atoms with Crippen LogP contribution in [0.2, 0.25) is 0 Å². The van der Waals surface area contributed by atoms with Crippen LogP contribution in [0.5, 0.6) is 0 Å². The maximum absolute atomic E-state index is 13.2. The molecule has 21 heavy (non-hydrogen) atoms. The number of hydrogen-bond donors (Lipinski definition) is 0. The average molecular weight is 303 g/mol. The Morgan fingerprint density at radius 1 is 1.33 bits per heavy atom. The molecule has 0 radical (unpaired) electrons. The van der Waals surface area contributed by atoms with Crippen LogP contribution in [0.1, 0.15) is 33.1 Å². The number of alkyl halides is 1. The number of esters is 2. The van der Waals surface area contributed by atoms with Crippen LogP contribution in [0.3, 0.4) is 0 Å². The molecular weight excluding hydrogens is 283 g/mol. The molecule has 1 fully saturated rings. The Hall–Kier alpha value is -1.50. The van der Waals surface area contributed by atoms with Crippen molar-refractivity contribution >= 4 is 17.7 Å². The van der Waals surface area contributed by atoms with Gasteiger partial charge in [-0.3, -0.25) is 18.8 Å². The van der Waals surface area contributed by atoms with Crippen molar-refractivity contribution in [1.29, 1.82) is 0 Å². The lowest BCUT2D eigenvalue weighted by molar-refractivity contribution is -0.492. The molecule has 7 heteroatoms. The molecule has 120 valence electrons. The summed E-state index contributed by atoms with van der Waals surface area (Å²) >= 11 is 0. The van der Waals surface area contributed by atoms with Crippen molar-refractivity contribution in [1.82, 2.24) is 0 Å². The minimum atomic E-state index is -2.05. The molecule has 1 aliphatic rings. The van der Waals surface area contributed by atoms with E-state index in [2.05, 4.69) is 4.74 Å². The van der Waals surface area contributed by atoms with Gasteiger partial charge in [0.15, 0.2) is 5.78 Å². The zero-order valence-corrected chi connectivity index (χ0v) is 12.2. The number of carbonyl (C=O) groups is 3. The van der Waals surface area contributed by atoms with E-state index >= 15 is 0 Å². The predicted octanol–water partition coefficient (Wildman–Crippen LogP) is 0.167. The molecule has 0 N–H and O–H groups in total. The third kappa shape index (κ3) is 4.00. The maximum atomic E-state index is 13.2. The van der Waals surface area contributed by atoms with Crippen LogP contribution in [0, 0.1) is 11.8 Å². The summed E-state index contributed by atoms with van der Waals surface area (Å²) in [6.07, 6.45) is -0.747. The van der Waals surface area contributed by atoms with Crippen LogP contribution in [-0.4, -0.2) is 43.2 Å². The minimum Gasteiger partial charge on any atom is -0.848 e. The van der Waals surface area contributed by atoms with Gasteiger partial charge >= 0.3 is 11.9 Å². The fourth-order valence-electron chi connectivity index (χ4n) is 2.57. The third-order valence-electron chi connectivity index (χ3n) is 3.65. The Morgan fingerprint density at radius 2 is 1.95 bits per heavy atom. The molecule has 0 aromatic carbocycles. The average Bonchev–Trinajstić information content (AvgIpc) is 2.39. The Labute approximate surface area is 122 Å². The van der Waals surface area contributed by atoms with E-state index in [1.54, 1.807) is 13.8 Å². The highest BCUT2D eigenvalue weighted by atomic mass is 19.1. The van der Waals surface area contributed by atoms with Gasteiger partial charge in [-0.2, -0.15) is 0 Å². The largest absolute Gasteiger partial charge is 0.848 e. The molecule has 0 spiro atoms. The Morgan fingerprint density at radius 3 is 2.48 bits per heavy atom. The normalized spacial score (nSPS) is 29.0. The van der Waals surface area contributed by atoms with E-state index < -0.39 is 48.3 Å². The quantitative estimate of drug-likeness (QED) is 0.513. The summed E-state index contributed by atoms with van der Waals surface area (Å²) in [5.41, 5.74) is -2.05. The van der Waals surface area contributed by atoms with E-state index in [-0.39, 0.29) is 26.1 Å². The lowest BCUT2D eigenvalue weighted by atomic mass is 9.69. The molecule has 0 aromatic rings. The SMILES string of the molecule is CCOC(=O)CC1([O-])CCC(C(=O)OCC)C(=O)C1CF. The molecular formula is C14H20FO6-. The first-order valence-corrected chi connectivity index (χ1v) is 7.02. The van der Waals surface area contributed by atoms with Gasteiger partial charge in [0.2, 0.25) is 0 Å². The fraction of sp³-hybridized carbons (Fsp3) is 0.786. The van der Waals surface area contributed by atoms with E-state index in [0.29, 0.717) is 0 Å². The molecule has 0 aromatic heterocycles. The van der Waals surface area contributed by atoms with Crippen LogP contribution >= 0.6 is 0 Å². The summed E-state index contributed by atoms with van der Waals surface area (Å²) < 4.78 is 22.6. The van der Waals surface area contributed by atoms with Gasteiger partial charge in [0.1, 0.15) is 5.92 Å². The molecule has 3 unspecified atom stereocenters. The summed E-state index contributed by atoms with van der Waals surface area (Å²) in [5.74, 6) is -4.91. The minimum absolute atomic E-state index is 0.0307. The first-order valence-electron chi connectivity index (χ1n) is 7.02. The van der Waals surface area contributed by atoms with Crippen molar-refractivity contribution in [2.75, 3.05) is 19.9 Å². The Kier molecular flexibility index (Phi) is 6.26. The van der Waals surface area contributed by atoms with Crippen molar-refractivity contribution < 1.29 is 33.4 Å². The number of halogens is 1. The smallest absolute Gasteiger partial charge is 0.316 e. The van der Waals surface area contributed by atoms with Gasteiger partial charge in [0, 0.05) is 12.3 Å². The summed E-state index contributed by atoms with van der Waals surface area (Å²) in [7, 11) is 0. The molecule has 0 heterocycles. The molecule has 0 aliphatic heterocycles. The second-order valence-corrected chi connectivity index (χ2v) is 5.00. The molecule has 0 saturated heterocycles. The van der Waals surface area contributed by atoms with Crippen LogP contribution in [-0.2, 0) is 23.9 Å². The Balaban J connectivity index is 2.85. The van der Waals surface area contributed by atoms with Crippen molar-refractivity contribution in [3.63, 3.8) is 0 Å². The summed E-state index contributed by atoms with van der Waals surface area (Å²) in [6, 6.07) is 0. The first kappa shape index (κ1) is 17.6. The van der Waals surface area contributed by atoms with Crippen molar-refractivity contribution in [2.45, 2.75) is 38.7 Å². The number of ketones is 1. The van der Waals surface area contributed by atoms with Gasteiger partial charge in [0.05, 0.1) is 19.9 Å². The molecule has 1 aliphatic carbocycles. The summed E-state index contributed by atoms with van der Waals surface area (Å²) in [6.45, 7) is 2.20. The predicted molar refractivity (Wildman–Crippen MR) is 67.8 cm³/mol. The van der Waals surface area contributed by atoms with Crippen molar-refractivity contribution in [3.05, 3.63) is 0 Å². The Bertz CT molecular complexity index is 410. The van der Waals surface area contributed by atoms with Gasteiger partial charge in [-0.15, -0.1) is 0 Å². The molecule has 6 nitrogen and oxygen atoms in total. The van der Waals surface area contributed by atoms with E-state index in [1.807, 2.05) is 0 Å². The van der Waals surface area contributed by atoms with Gasteiger partial charge in [-0.1, -0.05) is 12.0 Å². The zero-order chi connectivity index (χ0) is 16.0. The summed E-state index contributed by atoms with van der Waals surface area (Å²) in [4.78, 5) is 35.2. The number of rotatable bonds is 6. The lowest BCUT2D eigenvalue weighted by Crippen LogP contribution is -2.60. The van der Waals surface area contributed by atoms with Gasteiger partial charge < -0.3 is 14.6 Å². The maximum Gasteiger partial charge on any atom is 0.316 e. The number of Topliss-reactive ketones (excluding diaryl/α,β-unsaturated/α-hetero) is 1. The van der Waals surface area contributed by atoms with E-state index in [4.69, 9.17) is 4.74 Å². The molecule has 1 rings (SSSR count). The van der Waals surface area contributed by atoms with Gasteiger partial charge in [-0.05, 0) is 20.3 Å². The third-order valence-corrected chi connectivity index (χ3v) is 3.65. The number of hydrogen-bond acceptors (Lipinski definition) is 6. The molecule has 0 bridgehead atoms. The second kappa shape index (κ2) is 7.49. The molecule has 1 saturated carbocycles. The fourth-order valence-corrected chi connectivity index (χ4v) is 2.57. The van der Waals surface area contributed by atoms with E-state index in [0.717, 1.165) is 0 Å². The highest BCUT2D eigenvalue weighted by molar-refractivity contribution is 6.01. The monoisotopic (exact) mass is 303 g/mol. The number of carbonyl (C=O) groups excluding carboxylic acids is 3. The standard InChI is InChI=1S/C14H20FO6/c1-3-20-11(16)7-14(19)6-5-9(13(18)21-4-2)12(17)10(14)8-15/h9-10H,3-8H2,1-2H3/q-1. The van der Waals surface area contributed by atoms with Crippen LogP contribution < -0.4 is 5.11 Å². The molecule has 3 atom stereocenters. The van der Waals surface area contributed by atoms with Crippen LogP contribution in [0.4, 0.5) is 4.39 Å². The van der Waals surface area contributed by atoms with Crippen molar-refractivity contribution in [2.24, 2.45) is 11.8 Å².